The van der Waals surface area contributed by atoms with Crippen molar-refractivity contribution in [2.45, 2.75) is 34.6 Å². The molecule has 2 aromatic heterocycles. The van der Waals surface area contributed by atoms with Gasteiger partial charge in [-0.3, -0.25) is 9.20 Å². The molecule has 0 aliphatic rings. The monoisotopic (exact) mass is 321 g/mol. The highest BCUT2D eigenvalue weighted by Gasteiger charge is 2.25. The van der Waals surface area contributed by atoms with E-state index < -0.39 is 5.41 Å². The number of fused-ring (bicyclic) bond motifs is 1. The van der Waals surface area contributed by atoms with Crippen molar-refractivity contribution in [1.29, 1.82) is 0 Å². The van der Waals surface area contributed by atoms with Crippen molar-refractivity contribution in [2.75, 3.05) is 5.32 Å². The molecule has 0 aliphatic heterocycles. The molecule has 4 nitrogen and oxygen atoms in total. The number of aromatic nitrogens is 2. The number of pyridine rings is 1. The zero-order chi connectivity index (χ0) is 17.5. The van der Waals surface area contributed by atoms with E-state index in [0.29, 0.717) is 0 Å². The Morgan fingerprint density at radius 1 is 1.12 bits per heavy atom. The molecule has 0 saturated carbocycles. The second-order valence-corrected chi connectivity index (χ2v) is 7.26. The number of hydrogen-bond acceptors (Lipinski definition) is 2. The first-order chi connectivity index (χ1) is 11.3. The third-order valence-electron chi connectivity index (χ3n) is 4.09. The van der Waals surface area contributed by atoms with E-state index in [0.717, 1.165) is 33.8 Å². The van der Waals surface area contributed by atoms with E-state index >= 15 is 0 Å². The number of carbonyl (C=O) groups excluding carboxylic acids is 1. The van der Waals surface area contributed by atoms with E-state index in [1.807, 2.05) is 68.6 Å². The number of imidazole rings is 1. The predicted octanol–water partition coefficient (Wildman–Crippen LogP) is 4.60. The van der Waals surface area contributed by atoms with Gasteiger partial charge in [0.2, 0.25) is 5.91 Å². The SMILES string of the molecule is Cc1ccn2c(NC(=O)C(C)(C)C)c(-c3ccccc3C)nc2c1. The molecular formula is C20H23N3O. The van der Waals surface area contributed by atoms with Gasteiger partial charge in [0.05, 0.1) is 0 Å². The van der Waals surface area contributed by atoms with Crippen LogP contribution in [0.5, 0.6) is 0 Å². The lowest BCUT2D eigenvalue weighted by molar-refractivity contribution is -0.123. The minimum absolute atomic E-state index is 0.0280. The van der Waals surface area contributed by atoms with Crippen molar-refractivity contribution in [3.63, 3.8) is 0 Å². The number of anilines is 1. The zero-order valence-corrected chi connectivity index (χ0v) is 14.8. The van der Waals surface area contributed by atoms with Crippen LogP contribution in [-0.2, 0) is 4.79 Å². The fraction of sp³-hybridized carbons (Fsp3) is 0.300. The maximum atomic E-state index is 12.6. The number of hydrogen-bond donors (Lipinski definition) is 1. The molecule has 0 spiro atoms. The topological polar surface area (TPSA) is 46.4 Å². The fourth-order valence-electron chi connectivity index (χ4n) is 2.59. The second-order valence-electron chi connectivity index (χ2n) is 7.26. The van der Waals surface area contributed by atoms with E-state index in [9.17, 15) is 4.79 Å². The molecule has 2 heterocycles. The third-order valence-corrected chi connectivity index (χ3v) is 4.09. The van der Waals surface area contributed by atoms with Gasteiger partial charge in [-0.1, -0.05) is 45.0 Å². The van der Waals surface area contributed by atoms with Crippen LogP contribution >= 0.6 is 0 Å². The molecule has 4 heteroatoms. The van der Waals surface area contributed by atoms with E-state index in [4.69, 9.17) is 4.98 Å². The summed E-state index contributed by atoms with van der Waals surface area (Å²) < 4.78 is 1.94. The molecule has 0 aliphatic carbocycles. The molecule has 3 rings (SSSR count). The number of rotatable bonds is 2. The number of nitrogens with zero attached hydrogens (tertiary/aromatic N) is 2. The molecule has 0 bridgehead atoms. The molecular weight excluding hydrogens is 298 g/mol. The summed E-state index contributed by atoms with van der Waals surface area (Å²) in [6.45, 7) is 9.81. The van der Waals surface area contributed by atoms with Crippen LogP contribution < -0.4 is 5.32 Å². The number of aryl methyl sites for hydroxylation is 2. The van der Waals surface area contributed by atoms with Gasteiger partial charge in [0.25, 0.3) is 0 Å². The molecule has 1 aromatic carbocycles. The molecule has 3 aromatic rings. The third kappa shape index (κ3) is 2.92. The molecule has 24 heavy (non-hydrogen) atoms. The van der Waals surface area contributed by atoms with Gasteiger partial charge in [-0.25, -0.2) is 4.98 Å². The molecule has 0 saturated heterocycles. The van der Waals surface area contributed by atoms with Crippen LogP contribution in [0.25, 0.3) is 16.9 Å². The van der Waals surface area contributed by atoms with Crippen molar-refractivity contribution in [3.8, 4) is 11.3 Å². The van der Waals surface area contributed by atoms with Crippen molar-refractivity contribution in [1.82, 2.24) is 9.38 Å². The average Bonchev–Trinajstić information content (AvgIpc) is 2.84. The summed E-state index contributed by atoms with van der Waals surface area (Å²) in [6.07, 6.45) is 1.96. The smallest absolute Gasteiger partial charge is 0.230 e. The van der Waals surface area contributed by atoms with Gasteiger partial charge >= 0.3 is 0 Å². The Morgan fingerprint density at radius 2 is 1.83 bits per heavy atom. The Morgan fingerprint density at radius 3 is 2.50 bits per heavy atom. The lowest BCUT2D eigenvalue weighted by Gasteiger charge is -2.18. The van der Waals surface area contributed by atoms with Crippen LogP contribution in [0.1, 0.15) is 31.9 Å². The number of benzene rings is 1. The van der Waals surface area contributed by atoms with Gasteiger partial charge in [0.15, 0.2) is 0 Å². The van der Waals surface area contributed by atoms with Crippen LogP contribution in [0.4, 0.5) is 5.82 Å². The van der Waals surface area contributed by atoms with E-state index in [1.165, 1.54) is 0 Å². The van der Waals surface area contributed by atoms with Crippen LogP contribution in [0.15, 0.2) is 42.6 Å². The Kier molecular flexibility index (Phi) is 3.91. The van der Waals surface area contributed by atoms with Crippen molar-refractivity contribution < 1.29 is 4.79 Å². The fourth-order valence-corrected chi connectivity index (χ4v) is 2.59. The molecule has 0 fully saturated rings. The first kappa shape index (κ1) is 16.2. The standard InChI is InChI=1S/C20H23N3O/c1-13-10-11-23-16(12-13)21-17(15-9-7-6-8-14(15)2)18(23)22-19(24)20(3,4)5/h6-12H,1-5H3,(H,22,24). The summed E-state index contributed by atoms with van der Waals surface area (Å²) in [4.78, 5) is 17.3. The van der Waals surface area contributed by atoms with Crippen molar-refractivity contribution in [2.24, 2.45) is 5.41 Å². The van der Waals surface area contributed by atoms with Gasteiger partial charge in [0.1, 0.15) is 17.2 Å². The van der Waals surface area contributed by atoms with Gasteiger partial charge in [-0.15, -0.1) is 0 Å². The lowest BCUT2D eigenvalue weighted by Crippen LogP contribution is -2.28. The summed E-state index contributed by atoms with van der Waals surface area (Å²) in [5.74, 6) is 0.693. The predicted molar refractivity (Wildman–Crippen MR) is 98.2 cm³/mol. The quantitative estimate of drug-likeness (QED) is 0.749. The van der Waals surface area contributed by atoms with Gasteiger partial charge in [-0.05, 0) is 37.1 Å². The average molecular weight is 321 g/mol. The minimum atomic E-state index is -0.474. The number of carbonyl (C=O) groups is 1. The zero-order valence-electron chi connectivity index (χ0n) is 14.8. The minimum Gasteiger partial charge on any atom is -0.309 e. The van der Waals surface area contributed by atoms with Crippen LogP contribution in [0, 0.1) is 19.3 Å². The lowest BCUT2D eigenvalue weighted by atomic mass is 9.95. The number of nitrogens with one attached hydrogen (secondary N) is 1. The highest BCUT2D eigenvalue weighted by molar-refractivity contribution is 5.97. The van der Waals surface area contributed by atoms with E-state index in [1.54, 1.807) is 0 Å². The summed E-state index contributed by atoms with van der Waals surface area (Å²) in [7, 11) is 0. The normalized spacial score (nSPS) is 11.7. The summed E-state index contributed by atoms with van der Waals surface area (Å²) in [6, 6.07) is 12.1. The molecule has 0 unspecified atom stereocenters. The largest absolute Gasteiger partial charge is 0.309 e. The Bertz CT molecular complexity index is 916. The molecule has 124 valence electrons. The first-order valence-corrected chi connectivity index (χ1v) is 8.13. The van der Waals surface area contributed by atoms with Crippen LogP contribution in [0.3, 0.4) is 0 Å². The van der Waals surface area contributed by atoms with Gasteiger partial charge in [0, 0.05) is 17.2 Å². The molecule has 1 N–H and O–H groups in total. The first-order valence-electron chi connectivity index (χ1n) is 8.13. The molecule has 1 amide bonds. The molecule has 0 radical (unpaired) electrons. The van der Waals surface area contributed by atoms with Gasteiger partial charge < -0.3 is 5.32 Å². The van der Waals surface area contributed by atoms with E-state index in [2.05, 4.69) is 18.3 Å². The summed E-state index contributed by atoms with van der Waals surface area (Å²) in [5, 5.41) is 3.08. The van der Waals surface area contributed by atoms with Crippen molar-refractivity contribution in [3.05, 3.63) is 53.7 Å². The maximum Gasteiger partial charge on any atom is 0.230 e. The maximum absolute atomic E-state index is 12.6. The summed E-state index contributed by atoms with van der Waals surface area (Å²) in [5.41, 5.74) is 4.45. The van der Waals surface area contributed by atoms with Crippen LogP contribution in [-0.4, -0.2) is 15.3 Å². The Balaban J connectivity index is 2.23. The summed E-state index contributed by atoms with van der Waals surface area (Å²) >= 11 is 0. The Labute approximate surface area is 142 Å². The number of amides is 1. The highest BCUT2D eigenvalue weighted by atomic mass is 16.2. The Hall–Kier alpha value is -2.62. The molecule has 0 atom stereocenters. The van der Waals surface area contributed by atoms with Crippen LogP contribution in [0.2, 0.25) is 0 Å². The highest BCUT2D eigenvalue weighted by Crippen LogP contribution is 2.32. The van der Waals surface area contributed by atoms with Gasteiger partial charge in [-0.2, -0.15) is 0 Å². The van der Waals surface area contributed by atoms with Crippen molar-refractivity contribution >= 4 is 17.4 Å². The van der Waals surface area contributed by atoms with E-state index in [-0.39, 0.29) is 5.91 Å². The second kappa shape index (κ2) is 5.78.